The van der Waals surface area contributed by atoms with Crippen LogP contribution in [0.2, 0.25) is 5.02 Å². The minimum Gasteiger partial charge on any atom is -0.487 e. The quantitative estimate of drug-likeness (QED) is 0.847. The predicted molar refractivity (Wildman–Crippen MR) is 83.3 cm³/mol. The molecule has 0 saturated carbocycles. The summed E-state index contributed by atoms with van der Waals surface area (Å²) in [6.07, 6.45) is 2.72. The molecule has 5 nitrogen and oxygen atoms in total. The first-order valence-electron chi connectivity index (χ1n) is 6.13. The number of halogens is 1. The first kappa shape index (κ1) is 15.6. The van der Waals surface area contributed by atoms with Gasteiger partial charge in [-0.1, -0.05) is 11.6 Å². The number of anilines is 1. The second kappa shape index (κ2) is 6.32. The molecular weight excluding hydrogens is 312 g/mol. The van der Waals surface area contributed by atoms with E-state index in [1.54, 1.807) is 42.6 Å². The minimum absolute atomic E-state index is 0.318. The second-order valence-corrected chi connectivity index (χ2v) is 6.93. The van der Waals surface area contributed by atoms with Crippen LogP contribution in [0.15, 0.2) is 42.6 Å². The summed E-state index contributed by atoms with van der Waals surface area (Å²) in [5, 5.41) is 0.576. The van der Waals surface area contributed by atoms with Crippen molar-refractivity contribution in [3.05, 3.63) is 53.3 Å². The van der Waals surface area contributed by atoms with E-state index in [2.05, 4.69) is 4.98 Å². The highest BCUT2D eigenvalue weighted by Crippen LogP contribution is 2.20. The van der Waals surface area contributed by atoms with Gasteiger partial charge in [-0.2, -0.15) is 0 Å². The predicted octanol–water partition coefficient (Wildman–Crippen LogP) is 2.71. The molecule has 2 aromatic rings. The molecule has 0 spiro atoms. The fourth-order valence-corrected chi connectivity index (χ4v) is 2.21. The van der Waals surface area contributed by atoms with Crippen LogP contribution in [0.3, 0.4) is 0 Å². The summed E-state index contributed by atoms with van der Waals surface area (Å²) in [6.45, 7) is 0.318. The van der Waals surface area contributed by atoms with Crippen molar-refractivity contribution < 1.29 is 13.2 Å². The zero-order chi connectivity index (χ0) is 15.5. The molecule has 0 aliphatic carbocycles. The van der Waals surface area contributed by atoms with Gasteiger partial charge in [0.25, 0.3) is 0 Å². The number of ether oxygens (including phenoxy) is 1. The van der Waals surface area contributed by atoms with Crippen LogP contribution in [0.1, 0.15) is 5.69 Å². The van der Waals surface area contributed by atoms with Gasteiger partial charge in [0.1, 0.15) is 12.4 Å². The summed E-state index contributed by atoms with van der Waals surface area (Å²) in [5.74, 6) is 0.636. The van der Waals surface area contributed by atoms with E-state index < -0.39 is 10.0 Å². The second-order valence-electron chi connectivity index (χ2n) is 4.48. The van der Waals surface area contributed by atoms with Crippen molar-refractivity contribution >= 4 is 27.3 Å². The minimum atomic E-state index is -3.26. The Kier molecular flexibility index (Phi) is 4.69. The van der Waals surface area contributed by atoms with E-state index >= 15 is 0 Å². The highest BCUT2D eigenvalue weighted by atomic mass is 35.5. The van der Waals surface area contributed by atoms with Crippen molar-refractivity contribution in [2.75, 3.05) is 17.6 Å². The van der Waals surface area contributed by atoms with E-state index in [9.17, 15) is 8.42 Å². The molecule has 0 amide bonds. The zero-order valence-electron chi connectivity index (χ0n) is 11.7. The Bertz CT molecular complexity index is 700. The van der Waals surface area contributed by atoms with Gasteiger partial charge in [0.05, 0.1) is 22.7 Å². The molecule has 0 radical (unpaired) electrons. The molecule has 0 N–H and O–H groups in total. The highest BCUT2D eigenvalue weighted by molar-refractivity contribution is 7.92. The molecule has 0 aliphatic heterocycles. The first-order valence-corrected chi connectivity index (χ1v) is 8.36. The maximum Gasteiger partial charge on any atom is 0.231 e. The van der Waals surface area contributed by atoms with Gasteiger partial charge in [0.2, 0.25) is 10.0 Å². The lowest BCUT2D eigenvalue weighted by Gasteiger charge is -2.16. The first-order chi connectivity index (χ1) is 9.86. The lowest BCUT2D eigenvalue weighted by Crippen LogP contribution is -2.24. The molecular formula is C14H15ClN2O3S. The summed E-state index contributed by atoms with van der Waals surface area (Å²) in [7, 11) is -1.76. The topological polar surface area (TPSA) is 59.5 Å². The van der Waals surface area contributed by atoms with Gasteiger partial charge in [-0.15, -0.1) is 0 Å². The maximum absolute atomic E-state index is 11.4. The van der Waals surface area contributed by atoms with Gasteiger partial charge >= 0.3 is 0 Å². The van der Waals surface area contributed by atoms with Crippen molar-refractivity contribution in [1.29, 1.82) is 0 Å². The number of sulfonamides is 1. The van der Waals surface area contributed by atoms with Crippen LogP contribution in [-0.4, -0.2) is 26.7 Å². The van der Waals surface area contributed by atoms with Gasteiger partial charge in [0.15, 0.2) is 0 Å². The summed E-state index contributed by atoms with van der Waals surface area (Å²) in [4.78, 5) is 4.13. The number of nitrogens with zero attached hydrogens (tertiary/aromatic N) is 2. The summed E-state index contributed by atoms with van der Waals surface area (Å²) in [6, 6.07) is 10.3. The van der Waals surface area contributed by atoms with E-state index in [1.165, 1.54) is 11.4 Å². The van der Waals surface area contributed by atoms with E-state index in [1.807, 2.05) is 0 Å². The molecule has 0 atom stereocenters. The summed E-state index contributed by atoms with van der Waals surface area (Å²) < 4.78 is 29.6. The Hall–Kier alpha value is -1.79. The number of aromatic nitrogens is 1. The molecule has 0 fully saturated rings. The van der Waals surface area contributed by atoms with Crippen molar-refractivity contribution in [3.8, 4) is 5.75 Å². The number of benzene rings is 1. The van der Waals surface area contributed by atoms with Gasteiger partial charge in [-0.3, -0.25) is 9.29 Å². The Morgan fingerprint density at radius 2 is 1.86 bits per heavy atom. The Balaban J connectivity index is 2.01. The molecule has 0 bridgehead atoms. The average molecular weight is 327 g/mol. The van der Waals surface area contributed by atoms with Crippen LogP contribution in [0.4, 0.5) is 5.69 Å². The van der Waals surface area contributed by atoms with Crippen molar-refractivity contribution in [2.24, 2.45) is 0 Å². The number of rotatable bonds is 5. The third kappa shape index (κ3) is 4.34. The molecule has 0 saturated heterocycles. The van der Waals surface area contributed by atoms with Crippen LogP contribution in [0, 0.1) is 0 Å². The van der Waals surface area contributed by atoms with E-state index in [-0.39, 0.29) is 0 Å². The zero-order valence-corrected chi connectivity index (χ0v) is 13.2. The number of hydrogen-bond acceptors (Lipinski definition) is 4. The van der Waals surface area contributed by atoms with E-state index in [0.717, 1.165) is 11.9 Å². The fraction of sp³-hybridized carbons (Fsp3) is 0.214. The van der Waals surface area contributed by atoms with Crippen molar-refractivity contribution in [2.45, 2.75) is 6.61 Å². The Morgan fingerprint density at radius 3 is 2.38 bits per heavy atom. The molecule has 1 heterocycles. The smallest absolute Gasteiger partial charge is 0.231 e. The van der Waals surface area contributed by atoms with Crippen LogP contribution in [0.5, 0.6) is 5.75 Å². The van der Waals surface area contributed by atoms with Gasteiger partial charge in [0, 0.05) is 13.2 Å². The average Bonchev–Trinajstić information content (AvgIpc) is 2.45. The molecule has 112 valence electrons. The van der Waals surface area contributed by atoms with Crippen LogP contribution >= 0.6 is 11.6 Å². The molecule has 0 aliphatic rings. The number of hydrogen-bond donors (Lipinski definition) is 0. The molecule has 1 aromatic carbocycles. The van der Waals surface area contributed by atoms with Gasteiger partial charge in [-0.05, 0) is 36.4 Å². The monoisotopic (exact) mass is 326 g/mol. The van der Waals surface area contributed by atoms with E-state index in [0.29, 0.717) is 23.1 Å². The molecule has 2 rings (SSSR count). The highest BCUT2D eigenvalue weighted by Gasteiger charge is 2.11. The third-order valence-electron chi connectivity index (χ3n) is 2.87. The van der Waals surface area contributed by atoms with Gasteiger partial charge in [-0.25, -0.2) is 8.42 Å². The third-order valence-corrected chi connectivity index (χ3v) is 4.30. The van der Waals surface area contributed by atoms with Crippen LogP contribution in [-0.2, 0) is 16.6 Å². The summed E-state index contributed by atoms with van der Waals surface area (Å²) >= 11 is 5.76. The molecule has 0 unspecified atom stereocenters. The standard InChI is InChI=1S/C14H15ClN2O3S/c1-17(21(2,18)19)13-5-7-14(8-6-13)20-10-12-4-3-11(15)9-16-12/h3-9H,10H2,1-2H3. The number of pyridine rings is 1. The lowest BCUT2D eigenvalue weighted by atomic mass is 10.3. The fourth-order valence-electron chi connectivity index (χ4n) is 1.59. The van der Waals surface area contributed by atoms with E-state index in [4.69, 9.17) is 16.3 Å². The molecule has 21 heavy (non-hydrogen) atoms. The van der Waals surface area contributed by atoms with Crippen molar-refractivity contribution in [3.63, 3.8) is 0 Å². The van der Waals surface area contributed by atoms with Crippen LogP contribution in [0.25, 0.3) is 0 Å². The molecule has 1 aromatic heterocycles. The van der Waals surface area contributed by atoms with Crippen LogP contribution < -0.4 is 9.04 Å². The SMILES string of the molecule is CN(c1ccc(OCc2ccc(Cl)cn2)cc1)S(C)(=O)=O. The maximum atomic E-state index is 11.4. The normalized spacial score (nSPS) is 11.2. The van der Waals surface area contributed by atoms with Gasteiger partial charge < -0.3 is 4.74 Å². The Morgan fingerprint density at radius 1 is 1.19 bits per heavy atom. The Labute approximate surface area is 129 Å². The summed E-state index contributed by atoms with van der Waals surface area (Å²) in [5.41, 5.74) is 1.34. The molecule has 7 heteroatoms. The largest absolute Gasteiger partial charge is 0.487 e. The lowest BCUT2D eigenvalue weighted by molar-refractivity contribution is 0.301. The van der Waals surface area contributed by atoms with Crippen molar-refractivity contribution in [1.82, 2.24) is 4.98 Å².